The van der Waals surface area contributed by atoms with Crippen LogP contribution in [0.3, 0.4) is 0 Å². The van der Waals surface area contributed by atoms with Crippen LogP contribution >= 0.6 is 0 Å². The predicted octanol–water partition coefficient (Wildman–Crippen LogP) is 5.51. The largest absolute Gasteiger partial charge is 0.444 e. The molecule has 38 heavy (non-hydrogen) atoms. The molecule has 0 aliphatic rings. The van der Waals surface area contributed by atoms with Gasteiger partial charge in [0.15, 0.2) is 0 Å². The number of hydrogen-bond donors (Lipinski definition) is 2. The number of carbonyl (C=O) groups excluding carboxylic acids is 3. The standard InChI is InChI=1S/C31H35N3O4/c1-8-21-13-15-23(16-14-21)27(28(35)32-25-18-17-22-11-9-10-12-24(22)19-25)34(7)29(36)26(20(2)3)33-30(37)38-31(4,5)6/h1,9-20,26-27H,2-7H3,(H,32,35)(H,33,37). The molecule has 0 aliphatic carbocycles. The zero-order chi connectivity index (χ0) is 28.0. The number of hydrogen-bond acceptors (Lipinski definition) is 4. The van der Waals surface area contributed by atoms with Gasteiger partial charge in [-0.3, -0.25) is 9.59 Å². The Hall–Kier alpha value is -4.31. The van der Waals surface area contributed by atoms with E-state index in [1.54, 1.807) is 52.1 Å². The maximum atomic E-state index is 13.7. The molecule has 2 N–H and O–H groups in total. The van der Waals surface area contributed by atoms with Gasteiger partial charge in [-0.05, 0) is 67.3 Å². The summed E-state index contributed by atoms with van der Waals surface area (Å²) in [5.41, 5.74) is 1.12. The molecule has 0 aromatic heterocycles. The van der Waals surface area contributed by atoms with E-state index in [9.17, 15) is 14.4 Å². The fraction of sp³-hybridized carbons (Fsp3) is 0.323. The van der Waals surface area contributed by atoms with Crippen molar-refractivity contribution in [3.8, 4) is 12.3 Å². The molecule has 0 aliphatic heterocycles. The molecule has 0 saturated heterocycles. The quantitative estimate of drug-likeness (QED) is 0.408. The van der Waals surface area contributed by atoms with Crippen LogP contribution in [-0.4, -0.2) is 41.5 Å². The summed E-state index contributed by atoms with van der Waals surface area (Å²) < 4.78 is 5.36. The Morgan fingerprint density at radius 1 is 0.947 bits per heavy atom. The first-order valence-corrected chi connectivity index (χ1v) is 12.5. The number of fused-ring (bicyclic) bond motifs is 1. The molecule has 7 heteroatoms. The Morgan fingerprint density at radius 3 is 2.16 bits per heavy atom. The van der Waals surface area contributed by atoms with Crippen molar-refractivity contribution in [2.45, 2.75) is 52.3 Å². The number of terminal acetylenes is 1. The number of rotatable bonds is 7. The van der Waals surface area contributed by atoms with Gasteiger partial charge in [0.05, 0.1) is 0 Å². The Kier molecular flexibility index (Phi) is 8.80. The maximum absolute atomic E-state index is 13.7. The lowest BCUT2D eigenvalue weighted by atomic mass is 9.98. The van der Waals surface area contributed by atoms with E-state index in [1.807, 2.05) is 56.3 Å². The number of anilines is 1. The van der Waals surface area contributed by atoms with Gasteiger partial charge in [0.2, 0.25) is 5.91 Å². The van der Waals surface area contributed by atoms with Crippen molar-refractivity contribution < 1.29 is 19.1 Å². The number of likely N-dealkylation sites (N-methyl/N-ethyl adjacent to an activating group) is 1. The monoisotopic (exact) mass is 513 g/mol. The fourth-order valence-corrected chi connectivity index (χ4v) is 4.08. The van der Waals surface area contributed by atoms with E-state index >= 15 is 0 Å². The van der Waals surface area contributed by atoms with Crippen molar-refractivity contribution in [2.24, 2.45) is 5.92 Å². The van der Waals surface area contributed by atoms with Gasteiger partial charge in [0.25, 0.3) is 5.91 Å². The SMILES string of the molecule is C#Cc1ccc(C(C(=O)Nc2ccc3ccccc3c2)N(C)C(=O)C(NC(=O)OC(C)(C)C)C(C)C)cc1. The lowest BCUT2D eigenvalue weighted by Gasteiger charge is -2.33. The van der Waals surface area contributed by atoms with Gasteiger partial charge in [-0.15, -0.1) is 6.42 Å². The molecule has 0 heterocycles. The van der Waals surface area contributed by atoms with Crippen LogP contribution in [0.2, 0.25) is 0 Å². The van der Waals surface area contributed by atoms with E-state index in [-0.39, 0.29) is 5.92 Å². The summed E-state index contributed by atoms with van der Waals surface area (Å²) in [7, 11) is 1.55. The van der Waals surface area contributed by atoms with Crippen molar-refractivity contribution in [3.63, 3.8) is 0 Å². The second kappa shape index (κ2) is 11.8. The van der Waals surface area contributed by atoms with E-state index in [0.717, 1.165) is 10.8 Å². The van der Waals surface area contributed by atoms with Gasteiger partial charge >= 0.3 is 6.09 Å². The number of amides is 3. The number of benzene rings is 3. The minimum Gasteiger partial charge on any atom is -0.444 e. The zero-order valence-corrected chi connectivity index (χ0v) is 22.7. The number of nitrogens with zero attached hydrogens (tertiary/aromatic N) is 1. The van der Waals surface area contributed by atoms with Gasteiger partial charge in [-0.25, -0.2) is 4.79 Å². The molecule has 0 bridgehead atoms. The first-order chi connectivity index (χ1) is 17.9. The highest BCUT2D eigenvalue weighted by Crippen LogP contribution is 2.26. The van der Waals surface area contributed by atoms with E-state index in [4.69, 9.17) is 11.2 Å². The third-order valence-electron chi connectivity index (χ3n) is 6.00. The van der Waals surface area contributed by atoms with Crippen LogP contribution < -0.4 is 10.6 Å². The highest BCUT2D eigenvalue weighted by Gasteiger charge is 2.35. The third kappa shape index (κ3) is 7.13. The molecule has 198 valence electrons. The number of alkyl carbamates (subject to hydrolysis) is 1. The van der Waals surface area contributed by atoms with Crippen molar-refractivity contribution in [2.75, 3.05) is 12.4 Å². The molecule has 7 nitrogen and oxygen atoms in total. The van der Waals surface area contributed by atoms with E-state index in [1.165, 1.54) is 4.90 Å². The van der Waals surface area contributed by atoms with E-state index < -0.39 is 35.6 Å². The summed E-state index contributed by atoms with van der Waals surface area (Å²) in [6.45, 7) is 8.88. The fourth-order valence-electron chi connectivity index (χ4n) is 4.08. The van der Waals surface area contributed by atoms with E-state index in [2.05, 4.69) is 16.6 Å². The van der Waals surface area contributed by atoms with Crippen LogP contribution in [0, 0.1) is 18.3 Å². The van der Waals surface area contributed by atoms with Crippen LogP contribution in [0.25, 0.3) is 10.8 Å². The van der Waals surface area contributed by atoms with Gasteiger partial charge in [0, 0.05) is 18.3 Å². The molecule has 2 atom stereocenters. The van der Waals surface area contributed by atoms with Crippen molar-refractivity contribution in [3.05, 3.63) is 77.9 Å². The highest BCUT2D eigenvalue weighted by molar-refractivity contribution is 6.00. The summed E-state index contributed by atoms with van der Waals surface area (Å²) in [4.78, 5) is 41.2. The summed E-state index contributed by atoms with van der Waals surface area (Å²) >= 11 is 0. The molecule has 0 fully saturated rings. The number of carbonyl (C=O) groups is 3. The second-order valence-corrected chi connectivity index (χ2v) is 10.5. The van der Waals surface area contributed by atoms with Crippen LogP contribution in [-0.2, 0) is 14.3 Å². The second-order valence-electron chi connectivity index (χ2n) is 10.5. The van der Waals surface area contributed by atoms with Crippen LogP contribution in [0.5, 0.6) is 0 Å². The third-order valence-corrected chi connectivity index (χ3v) is 6.00. The zero-order valence-electron chi connectivity index (χ0n) is 22.7. The molecule has 2 unspecified atom stereocenters. The smallest absolute Gasteiger partial charge is 0.408 e. The number of ether oxygens (including phenoxy) is 1. The lowest BCUT2D eigenvalue weighted by Crippen LogP contribution is -2.53. The molecule has 0 spiro atoms. The maximum Gasteiger partial charge on any atom is 0.408 e. The molecule has 0 radical (unpaired) electrons. The molecular weight excluding hydrogens is 478 g/mol. The van der Waals surface area contributed by atoms with E-state index in [0.29, 0.717) is 16.8 Å². The van der Waals surface area contributed by atoms with Gasteiger partial charge in [-0.1, -0.05) is 62.2 Å². The Balaban J connectivity index is 1.92. The molecule has 3 aromatic rings. The average molecular weight is 514 g/mol. The van der Waals surface area contributed by atoms with Crippen LogP contribution in [0.15, 0.2) is 66.7 Å². The molecule has 3 aromatic carbocycles. The summed E-state index contributed by atoms with van der Waals surface area (Å²) in [6, 6.07) is 18.5. The summed E-state index contributed by atoms with van der Waals surface area (Å²) in [5, 5.41) is 7.65. The first kappa shape index (κ1) is 28.3. The average Bonchev–Trinajstić information content (AvgIpc) is 2.86. The Labute approximate surface area is 224 Å². The Bertz CT molecular complexity index is 1350. The molecule has 3 rings (SSSR count). The van der Waals surface area contributed by atoms with Crippen molar-refractivity contribution >= 4 is 34.4 Å². The Morgan fingerprint density at radius 2 is 1.58 bits per heavy atom. The van der Waals surface area contributed by atoms with Gasteiger partial charge < -0.3 is 20.3 Å². The van der Waals surface area contributed by atoms with Gasteiger partial charge in [0.1, 0.15) is 17.7 Å². The predicted molar refractivity (Wildman–Crippen MR) is 150 cm³/mol. The van der Waals surface area contributed by atoms with Crippen molar-refractivity contribution in [1.82, 2.24) is 10.2 Å². The normalized spacial score (nSPS) is 12.8. The van der Waals surface area contributed by atoms with Gasteiger partial charge in [-0.2, -0.15) is 0 Å². The van der Waals surface area contributed by atoms with Crippen LogP contribution in [0.1, 0.15) is 51.8 Å². The number of nitrogens with one attached hydrogen (secondary N) is 2. The summed E-state index contributed by atoms with van der Waals surface area (Å²) in [6.07, 6.45) is 4.81. The minimum atomic E-state index is -0.984. The first-order valence-electron chi connectivity index (χ1n) is 12.5. The lowest BCUT2D eigenvalue weighted by molar-refractivity contribution is -0.140. The van der Waals surface area contributed by atoms with Crippen LogP contribution in [0.4, 0.5) is 10.5 Å². The topological polar surface area (TPSA) is 87.7 Å². The summed E-state index contributed by atoms with van der Waals surface area (Å²) in [5.74, 6) is 1.48. The highest BCUT2D eigenvalue weighted by atomic mass is 16.6. The molecule has 3 amide bonds. The molecular formula is C31H35N3O4. The van der Waals surface area contributed by atoms with Crippen molar-refractivity contribution in [1.29, 1.82) is 0 Å². The minimum absolute atomic E-state index is 0.259. The molecule has 0 saturated carbocycles.